The Bertz CT molecular complexity index is 795. The molecule has 0 radical (unpaired) electrons. The summed E-state index contributed by atoms with van der Waals surface area (Å²) in [5.74, 6) is -0.489. The molecule has 0 unspecified atom stereocenters. The molecule has 3 aromatic rings. The minimum Gasteiger partial charge on any atom is -0.478 e. The van der Waals surface area contributed by atoms with E-state index in [1.165, 1.54) is 16.8 Å². The Kier molecular flexibility index (Phi) is 3.07. The van der Waals surface area contributed by atoms with Gasteiger partial charge in [-0.1, -0.05) is 6.07 Å². The standard InChI is InChI=1S/C14H11N5O2/c15-11-6-4-9(5-7-11)13-16-17-18-19(13)12-3-1-2-10(8-12)14(20)21/h1-8H,15H2,(H,20,21). The Balaban J connectivity index is 2.08. The molecule has 0 atom stereocenters. The predicted molar refractivity (Wildman–Crippen MR) is 76.0 cm³/mol. The van der Waals surface area contributed by atoms with Crippen molar-refractivity contribution in [2.75, 3.05) is 5.73 Å². The Morgan fingerprint density at radius 3 is 2.62 bits per heavy atom. The third-order valence-corrected chi connectivity index (χ3v) is 2.98. The minimum absolute atomic E-state index is 0.172. The van der Waals surface area contributed by atoms with E-state index in [0.717, 1.165) is 5.56 Å². The zero-order chi connectivity index (χ0) is 14.8. The van der Waals surface area contributed by atoms with Crippen molar-refractivity contribution in [3.8, 4) is 17.1 Å². The van der Waals surface area contributed by atoms with Crippen LogP contribution in [0.2, 0.25) is 0 Å². The quantitative estimate of drug-likeness (QED) is 0.706. The van der Waals surface area contributed by atoms with Crippen LogP contribution in [0.3, 0.4) is 0 Å². The van der Waals surface area contributed by atoms with Gasteiger partial charge >= 0.3 is 5.97 Å². The van der Waals surface area contributed by atoms with E-state index in [9.17, 15) is 4.79 Å². The second-order valence-corrected chi connectivity index (χ2v) is 4.39. The van der Waals surface area contributed by atoms with Crippen LogP contribution in [0, 0.1) is 0 Å². The smallest absolute Gasteiger partial charge is 0.335 e. The molecular weight excluding hydrogens is 270 g/mol. The molecule has 0 aliphatic carbocycles. The fraction of sp³-hybridized carbons (Fsp3) is 0. The van der Waals surface area contributed by atoms with Crippen molar-refractivity contribution >= 4 is 11.7 Å². The maximum Gasteiger partial charge on any atom is 0.335 e. The average Bonchev–Trinajstić information content (AvgIpc) is 2.97. The lowest BCUT2D eigenvalue weighted by molar-refractivity contribution is 0.0697. The number of hydrogen-bond donors (Lipinski definition) is 2. The van der Waals surface area contributed by atoms with Crippen molar-refractivity contribution < 1.29 is 9.90 Å². The average molecular weight is 281 g/mol. The van der Waals surface area contributed by atoms with Crippen LogP contribution in [0.25, 0.3) is 17.1 Å². The molecule has 3 rings (SSSR count). The summed E-state index contributed by atoms with van der Waals surface area (Å²) >= 11 is 0. The van der Waals surface area contributed by atoms with Crippen LogP contribution in [0.15, 0.2) is 48.5 Å². The molecule has 7 heteroatoms. The number of benzene rings is 2. The summed E-state index contributed by atoms with van der Waals surface area (Å²) in [4.78, 5) is 11.0. The first kappa shape index (κ1) is 12.8. The summed E-state index contributed by atoms with van der Waals surface area (Å²) < 4.78 is 1.48. The van der Waals surface area contributed by atoms with Crippen LogP contribution in [0.1, 0.15) is 10.4 Å². The van der Waals surface area contributed by atoms with Gasteiger partial charge in [-0.3, -0.25) is 0 Å². The van der Waals surface area contributed by atoms with Gasteiger partial charge in [-0.25, -0.2) is 4.79 Å². The van der Waals surface area contributed by atoms with E-state index in [1.807, 2.05) is 0 Å². The van der Waals surface area contributed by atoms with Crippen molar-refractivity contribution in [2.24, 2.45) is 0 Å². The summed E-state index contributed by atoms with van der Waals surface area (Å²) in [7, 11) is 0. The molecule has 0 fully saturated rings. The number of aromatic nitrogens is 4. The van der Waals surface area contributed by atoms with E-state index in [1.54, 1.807) is 36.4 Å². The van der Waals surface area contributed by atoms with Crippen LogP contribution >= 0.6 is 0 Å². The first-order chi connectivity index (χ1) is 10.1. The molecule has 0 spiro atoms. The molecule has 0 saturated carbocycles. The second kappa shape index (κ2) is 5.04. The van der Waals surface area contributed by atoms with Crippen LogP contribution in [-0.2, 0) is 0 Å². The molecule has 1 heterocycles. The number of tetrazole rings is 1. The van der Waals surface area contributed by atoms with Gasteiger partial charge < -0.3 is 10.8 Å². The van der Waals surface area contributed by atoms with E-state index in [4.69, 9.17) is 10.8 Å². The van der Waals surface area contributed by atoms with Crippen molar-refractivity contribution in [3.05, 3.63) is 54.1 Å². The van der Waals surface area contributed by atoms with E-state index < -0.39 is 5.97 Å². The first-order valence-electron chi connectivity index (χ1n) is 6.13. The summed E-state index contributed by atoms with van der Waals surface area (Å²) in [5.41, 5.74) is 7.84. The molecule has 3 N–H and O–H groups in total. The van der Waals surface area contributed by atoms with Crippen molar-refractivity contribution in [3.63, 3.8) is 0 Å². The molecule has 1 aromatic heterocycles. The number of carbonyl (C=O) groups is 1. The highest BCUT2D eigenvalue weighted by Gasteiger charge is 2.12. The SMILES string of the molecule is Nc1ccc(-c2nnnn2-c2cccc(C(=O)O)c2)cc1. The number of carboxylic acids is 1. The van der Waals surface area contributed by atoms with Gasteiger partial charge in [0.15, 0.2) is 5.82 Å². The Morgan fingerprint density at radius 2 is 1.90 bits per heavy atom. The molecule has 0 bridgehead atoms. The van der Waals surface area contributed by atoms with Gasteiger partial charge in [0.25, 0.3) is 0 Å². The fourth-order valence-electron chi connectivity index (χ4n) is 1.94. The number of anilines is 1. The molecular formula is C14H11N5O2. The molecule has 0 amide bonds. The van der Waals surface area contributed by atoms with Crippen LogP contribution in [0.4, 0.5) is 5.69 Å². The molecule has 2 aromatic carbocycles. The highest BCUT2D eigenvalue weighted by molar-refractivity contribution is 5.88. The van der Waals surface area contributed by atoms with Gasteiger partial charge in [-0.2, -0.15) is 4.68 Å². The van der Waals surface area contributed by atoms with Gasteiger partial charge in [0.2, 0.25) is 0 Å². The van der Waals surface area contributed by atoms with Crippen molar-refractivity contribution in [1.29, 1.82) is 0 Å². The third-order valence-electron chi connectivity index (χ3n) is 2.98. The summed E-state index contributed by atoms with van der Waals surface area (Å²) in [6.07, 6.45) is 0. The van der Waals surface area contributed by atoms with Crippen LogP contribution in [0.5, 0.6) is 0 Å². The topological polar surface area (TPSA) is 107 Å². The molecule has 104 valence electrons. The molecule has 0 aliphatic heterocycles. The maximum absolute atomic E-state index is 11.0. The summed E-state index contributed by atoms with van der Waals surface area (Å²) in [5, 5.41) is 20.6. The van der Waals surface area contributed by atoms with Crippen LogP contribution in [-0.4, -0.2) is 31.3 Å². The van der Waals surface area contributed by atoms with Crippen molar-refractivity contribution in [1.82, 2.24) is 20.2 Å². The monoisotopic (exact) mass is 281 g/mol. The normalized spacial score (nSPS) is 10.5. The highest BCUT2D eigenvalue weighted by atomic mass is 16.4. The Morgan fingerprint density at radius 1 is 1.14 bits per heavy atom. The van der Waals surface area contributed by atoms with Gasteiger partial charge in [-0.15, -0.1) is 5.10 Å². The Labute approximate surface area is 119 Å². The zero-order valence-electron chi connectivity index (χ0n) is 10.8. The minimum atomic E-state index is -1.00. The van der Waals surface area contributed by atoms with E-state index >= 15 is 0 Å². The van der Waals surface area contributed by atoms with Gasteiger partial charge in [0.05, 0.1) is 11.3 Å². The predicted octanol–water partition coefficient (Wildman–Crippen LogP) is 1.61. The molecule has 21 heavy (non-hydrogen) atoms. The number of nitrogen functional groups attached to an aromatic ring is 1. The van der Waals surface area contributed by atoms with Crippen LogP contribution < -0.4 is 5.73 Å². The van der Waals surface area contributed by atoms with Gasteiger partial charge in [0.1, 0.15) is 0 Å². The fourth-order valence-corrected chi connectivity index (χ4v) is 1.94. The second-order valence-electron chi connectivity index (χ2n) is 4.39. The van der Waals surface area contributed by atoms with Gasteiger partial charge in [-0.05, 0) is 52.9 Å². The van der Waals surface area contributed by atoms with E-state index in [-0.39, 0.29) is 5.56 Å². The lowest BCUT2D eigenvalue weighted by atomic mass is 10.1. The van der Waals surface area contributed by atoms with Crippen molar-refractivity contribution in [2.45, 2.75) is 0 Å². The number of aromatic carboxylic acids is 1. The highest BCUT2D eigenvalue weighted by Crippen LogP contribution is 2.21. The zero-order valence-corrected chi connectivity index (χ0v) is 10.8. The van der Waals surface area contributed by atoms with E-state index in [0.29, 0.717) is 17.2 Å². The lowest BCUT2D eigenvalue weighted by Gasteiger charge is -2.05. The number of nitrogens with zero attached hydrogens (tertiary/aromatic N) is 4. The van der Waals surface area contributed by atoms with Gasteiger partial charge in [0, 0.05) is 11.3 Å². The molecule has 7 nitrogen and oxygen atoms in total. The first-order valence-corrected chi connectivity index (χ1v) is 6.13. The number of hydrogen-bond acceptors (Lipinski definition) is 5. The number of rotatable bonds is 3. The summed E-state index contributed by atoms with van der Waals surface area (Å²) in [6, 6.07) is 13.5. The number of nitrogens with two attached hydrogens (primary N) is 1. The third kappa shape index (κ3) is 2.44. The Hall–Kier alpha value is -3.22. The summed E-state index contributed by atoms with van der Waals surface area (Å²) in [6.45, 7) is 0. The maximum atomic E-state index is 11.0. The molecule has 0 aliphatic rings. The number of carboxylic acid groups (broad SMARTS) is 1. The lowest BCUT2D eigenvalue weighted by Crippen LogP contribution is -2.03. The molecule has 0 saturated heterocycles. The largest absolute Gasteiger partial charge is 0.478 e. The van der Waals surface area contributed by atoms with E-state index in [2.05, 4.69) is 15.5 Å².